The van der Waals surface area contributed by atoms with Gasteiger partial charge >= 0.3 is 0 Å². The largest absolute Gasteiger partial charge is 0.344 e. The monoisotopic (exact) mass is 415 g/mol. The smallest absolute Gasteiger partial charge is 0.245 e. The number of hydrogen-bond donors (Lipinski definition) is 1. The lowest BCUT2D eigenvalue weighted by atomic mass is 10.0. The van der Waals surface area contributed by atoms with Crippen LogP contribution >= 0.6 is 0 Å². The number of piperazine rings is 1. The number of amides is 2. The predicted molar refractivity (Wildman–Crippen MR) is 124 cm³/mol. The van der Waals surface area contributed by atoms with Gasteiger partial charge in [-0.3, -0.25) is 9.59 Å². The molecule has 160 valence electrons. The van der Waals surface area contributed by atoms with Gasteiger partial charge in [0, 0.05) is 19.6 Å². The first-order chi connectivity index (χ1) is 15.0. The zero-order chi connectivity index (χ0) is 21.8. The van der Waals surface area contributed by atoms with Crippen LogP contribution in [-0.4, -0.2) is 54.3 Å². The summed E-state index contributed by atoms with van der Waals surface area (Å²) >= 11 is 0. The lowest BCUT2D eigenvalue weighted by molar-refractivity contribution is -0.140. The molecule has 31 heavy (non-hydrogen) atoms. The molecule has 0 unspecified atom stereocenters. The minimum absolute atomic E-state index is 0.00938. The standard InChI is InChI=1S/C26H29N3O2/c1-19(27-25(30)17-22-13-8-12-20-9-6-7-14-23(20)22)26(31)29-16-15-28(2)18-24(29)21-10-4-3-5-11-21/h3-14,19,24H,15-18H2,1-2H3,(H,27,30)/t19-,24+/m0/s1. The minimum Gasteiger partial charge on any atom is -0.344 e. The van der Waals surface area contributed by atoms with E-state index in [2.05, 4.69) is 29.4 Å². The first kappa shape index (κ1) is 21.1. The first-order valence-corrected chi connectivity index (χ1v) is 10.8. The Morgan fingerprint density at radius 3 is 2.48 bits per heavy atom. The third kappa shape index (κ3) is 4.78. The Balaban J connectivity index is 1.45. The maximum Gasteiger partial charge on any atom is 0.245 e. The second-order valence-electron chi connectivity index (χ2n) is 8.32. The van der Waals surface area contributed by atoms with Gasteiger partial charge in [0.25, 0.3) is 0 Å². The second-order valence-corrected chi connectivity index (χ2v) is 8.32. The van der Waals surface area contributed by atoms with Gasteiger partial charge in [0.15, 0.2) is 0 Å². The van der Waals surface area contributed by atoms with Gasteiger partial charge < -0.3 is 15.1 Å². The molecule has 0 bridgehead atoms. The Kier molecular flexibility index (Phi) is 6.33. The molecule has 1 aliphatic heterocycles. The van der Waals surface area contributed by atoms with E-state index in [1.165, 1.54) is 0 Å². The van der Waals surface area contributed by atoms with E-state index in [9.17, 15) is 9.59 Å². The SMILES string of the molecule is C[C@H](NC(=O)Cc1cccc2ccccc12)C(=O)N1CCN(C)C[C@@H]1c1ccccc1. The molecule has 1 saturated heterocycles. The number of nitrogens with zero attached hydrogens (tertiary/aromatic N) is 2. The van der Waals surface area contributed by atoms with E-state index in [-0.39, 0.29) is 24.3 Å². The maximum atomic E-state index is 13.3. The fourth-order valence-electron chi connectivity index (χ4n) is 4.37. The van der Waals surface area contributed by atoms with Crippen molar-refractivity contribution >= 4 is 22.6 Å². The summed E-state index contributed by atoms with van der Waals surface area (Å²) in [5.41, 5.74) is 2.09. The lowest BCUT2D eigenvalue weighted by Gasteiger charge is -2.41. The van der Waals surface area contributed by atoms with Gasteiger partial charge in [-0.15, -0.1) is 0 Å². The molecular weight excluding hydrogens is 386 g/mol. The summed E-state index contributed by atoms with van der Waals surface area (Å²) in [6.45, 7) is 4.04. The van der Waals surface area contributed by atoms with Crippen LogP contribution < -0.4 is 5.32 Å². The van der Waals surface area contributed by atoms with E-state index < -0.39 is 6.04 Å². The number of likely N-dealkylation sites (N-methyl/N-ethyl adjacent to an activating group) is 1. The number of carbonyl (C=O) groups excluding carboxylic acids is 2. The van der Waals surface area contributed by atoms with Crippen LogP contribution in [0.2, 0.25) is 0 Å². The number of nitrogens with one attached hydrogen (secondary N) is 1. The molecule has 4 rings (SSSR count). The van der Waals surface area contributed by atoms with Crippen molar-refractivity contribution in [3.05, 3.63) is 83.9 Å². The van der Waals surface area contributed by atoms with E-state index in [1.54, 1.807) is 6.92 Å². The number of rotatable bonds is 5. The van der Waals surface area contributed by atoms with E-state index in [0.29, 0.717) is 6.54 Å². The Hall–Kier alpha value is -3.18. The summed E-state index contributed by atoms with van der Waals surface area (Å²) in [6.07, 6.45) is 0.254. The molecule has 5 heteroatoms. The summed E-state index contributed by atoms with van der Waals surface area (Å²) < 4.78 is 0. The molecule has 0 aromatic heterocycles. The Morgan fingerprint density at radius 1 is 0.968 bits per heavy atom. The zero-order valence-electron chi connectivity index (χ0n) is 18.1. The van der Waals surface area contributed by atoms with Crippen molar-refractivity contribution in [1.29, 1.82) is 0 Å². The number of carbonyl (C=O) groups is 2. The molecule has 0 aliphatic carbocycles. The predicted octanol–water partition coefficient (Wildman–Crippen LogP) is 3.40. The van der Waals surface area contributed by atoms with Crippen molar-refractivity contribution in [3.63, 3.8) is 0 Å². The van der Waals surface area contributed by atoms with Gasteiger partial charge in [0.1, 0.15) is 6.04 Å². The molecule has 0 spiro atoms. The van der Waals surface area contributed by atoms with Gasteiger partial charge in [-0.25, -0.2) is 0 Å². The van der Waals surface area contributed by atoms with Crippen LogP contribution in [0.4, 0.5) is 0 Å². The van der Waals surface area contributed by atoms with Crippen LogP contribution in [0, 0.1) is 0 Å². The molecule has 2 atom stereocenters. The van der Waals surface area contributed by atoms with Crippen LogP contribution in [-0.2, 0) is 16.0 Å². The number of benzene rings is 3. The van der Waals surface area contributed by atoms with E-state index in [0.717, 1.165) is 35.0 Å². The molecule has 5 nitrogen and oxygen atoms in total. The average Bonchev–Trinajstić information content (AvgIpc) is 2.79. The maximum absolute atomic E-state index is 13.3. The Morgan fingerprint density at radius 2 is 1.68 bits per heavy atom. The van der Waals surface area contributed by atoms with Gasteiger partial charge in [-0.2, -0.15) is 0 Å². The van der Waals surface area contributed by atoms with E-state index in [4.69, 9.17) is 0 Å². The highest BCUT2D eigenvalue weighted by Gasteiger charge is 2.33. The highest BCUT2D eigenvalue weighted by Crippen LogP contribution is 2.25. The molecule has 3 aromatic rings. The van der Waals surface area contributed by atoms with Crippen molar-refractivity contribution in [2.45, 2.75) is 25.4 Å². The zero-order valence-corrected chi connectivity index (χ0v) is 18.1. The highest BCUT2D eigenvalue weighted by atomic mass is 16.2. The third-order valence-electron chi connectivity index (χ3n) is 6.03. The van der Waals surface area contributed by atoms with Crippen LogP contribution in [0.3, 0.4) is 0 Å². The number of fused-ring (bicyclic) bond motifs is 1. The summed E-state index contributed by atoms with van der Waals surface area (Å²) in [5.74, 6) is -0.171. The fourth-order valence-corrected chi connectivity index (χ4v) is 4.37. The van der Waals surface area contributed by atoms with Crippen LogP contribution in [0.5, 0.6) is 0 Å². The van der Waals surface area contributed by atoms with Crippen molar-refractivity contribution < 1.29 is 9.59 Å². The van der Waals surface area contributed by atoms with Crippen molar-refractivity contribution in [2.75, 3.05) is 26.7 Å². The summed E-state index contributed by atoms with van der Waals surface area (Å²) in [5, 5.41) is 5.11. The molecular formula is C26H29N3O2. The second kappa shape index (κ2) is 9.31. The van der Waals surface area contributed by atoms with E-state index in [1.807, 2.05) is 65.6 Å². The molecule has 1 aliphatic rings. The quantitative estimate of drug-likeness (QED) is 0.695. The first-order valence-electron chi connectivity index (χ1n) is 10.8. The molecule has 1 fully saturated rings. The molecule has 3 aromatic carbocycles. The molecule has 0 radical (unpaired) electrons. The highest BCUT2D eigenvalue weighted by molar-refractivity contribution is 5.92. The lowest BCUT2D eigenvalue weighted by Crippen LogP contribution is -2.54. The van der Waals surface area contributed by atoms with Crippen LogP contribution in [0.1, 0.15) is 24.1 Å². The Bertz CT molecular complexity index is 1060. The van der Waals surface area contributed by atoms with Crippen LogP contribution in [0.15, 0.2) is 72.8 Å². The summed E-state index contributed by atoms with van der Waals surface area (Å²) in [4.78, 5) is 30.2. The van der Waals surface area contributed by atoms with Gasteiger partial charge in [0.05, 0.1) is 12.5 Å². The van der Waals surface area contributed by atoms with Gasteiger partial charge in [0.2, 0.25) is 11.8 Å². The summed E-state index contributed by atoms with van der Waals surface area (Å²) in [7, 11) is 2.08. The van der Waals surface area contributed by atoms with Crippen LogP contribution in [0.25, 0.3) is 10.8 Å². The molecule has 0 saturated carbocycles. The van der Waals surface area contributed by atoms with Crippen molar-refractivity contribution in [3.8, 4) is 0 Å². The van der Waals surface area contributed by atoms with Crippen molar-refractivity contribution in [1.82, 2.24) is 15.1 Å². The normalized spacial score (nSPS) is 18.0. The topological polar surface area (TPSA) is 52.7 Å². The molecule has 2 amide bonds. The van der Waals surface area contributed by atoms with E-state index >= 15 is 0 Å². The minimum atomic E-state index is -0.572. The van der Waals surface area contributed by atoms with Gasteiger partial charge in [-0.1, -0.05) is 72.8 Å². The Labute approximate surface area is 183 Å². The third-order valence-corrected chi connectivity index (χ3v) is 6.03. The average molecular weight is 416 g/mol. The van der Waals surface area contributed by atoms with Gasteiger partial charge in [-0.05, 0) is 35.9 Å². The summed E-state index contributed by atoms with van der Waals surface area (Å²) in [6, 6.07) is 23.6. The number of hydrogen-bond acceptors (Lipinski definition) is 3. The fraction of sp³-hybridized carbons (Fsp3) is 0.308. The van der Waals surface area contributed by atoms with Crippen molar-refractivity contribution in [2.24, 2.45) is 0 Å². The molecule has 1 N–H and O–H groups in total. The molecule has 1 heterocycles.